The van der Waals surface area contributed by atoms with Crippen LogP contribution in [0.3, 0.4) is 0 Å². The van der Waals surface area contributed by atoms with Crippen molar-refractivity contribution in [3.8, 4) is 22.8 Å². The van der Waals surface area contributed by atoms with Crippen molar-refractivity contribution in [2.24, 2.45) is 5.73 Å². The fourth-order valence-electron chi connectivity index (χ4n) is 5.25. The van der Waals surface area contributed by atoms with E-state index in [-0.39, 0.29) is 46.5 Å². The Morgan fingerprint density at radius 3 is 2.64 bits per heavy atom. The predicted molar refractivity (Wildman–Crippen MR) is 154 cm³/mol. The zero-order valence-electron chi connectivity index (χ0n) is 23.8. The molecule has 1 aliphatic heterocycles. The van der Waals surface area contributed by atoms with Gasteiger partial charge in [-0.05, 0) is 44.0 Å². The van der Waals surface area contributed by atoms with Gasteiger partial charge in [0.05, 0.1) is 30.4 Å². The molecule has 0 radical (unpaired) electrons. The minimum Gasteiger partial charge on any atom is -0.494 e. The van der Waals surface area contributed by atoms with E-state index >= 15 is 0 Å². The zero-order valence-corrected chi connectivity index (χ0v) is 24.6. The number of hydrogen-bond acceptors (Lipinski definition) is 7. The summed E-state index contributed by atoms with van der Waals surface area (Å²) in [7, 11) is 1.38. The highest BCUT2D eigenvalue weighted by Gasteiger charge is 2.58. The summed E-state index contributed by atoms with van der Waals surface area (Å²) < 4.78 is 71.5. The lowest BCUT2D eigenvalue weighted by Crippen LogP contribution is -2.51. The molecular formula is C30H26ClF4N5O5. The Kier molecular flexibility index (Phi) is 7.20. The molecule has 0 spiro atoms. The fourth-order valence-corrected chi connectivity index (χ4v) is 5.46. The Balaban J connectivity index is 1.42. The molecule has 2 amide bonds. The second kappa shape index (κ2) is 10.6. The van der Waals surface area contributed by atoms with Crippen LogP contribution in [0.4, 0.5) is 17.6 Å². The van der Waals surface area contributed by atoms with Gasteiger partial charge in [0.1, 0.15) is 40.5 Å². The molecule has 4 aromatic rings. The van der Waals surface area contributed by atoms with Crippen LogP contribution in [0.1, 0.15) is 47.4 Å². The molecule has 0 bridgehead atoms. The molecule has 1 saturated carbocycles. The summed E-state index contributed by atoms with van der Waals surface area (Å²) >= 11 is 6.16. The first-order valence-corrected chi connectivity index (χ1v) is 14.1. The lowest BCUT2D eigenvalue weighted by molar-refractivity contribution is -0.265. The molecule has 2 aliphatic rings. The number of nitrogens with zero attached hydrogens (tertiary/aromatic N) is 3. The average molecular weight is 648 g/mol. The van der Waals surface area contributed by atoms with Gasteiger partial charge in [0.2, 0.25) is 11.5 Å². The predicted octanol–water partition coefficient (Wildman–Crippen LogP) is 4.55. The number of rotatable bonds is 8. The minimum absolute atomic E-state index is 0.0388. The van der Waals surface area contributed by atoms with E-state index in [0.717, 1.165) is 25.0 Å². The summed E-state index contributed by atoms with van der Waals surface area (Å²) in [5.74, 6) is -2.66. The summed E-state index contributed by atoms with van der Waals surface area (Å²) in [5, 5.41) is 18.0. The van der Waals surface area contributed by atoms with E-state index in [1.54, 1.807) is 10.9 Å². The van der Waals surface area contributed by atoms with Crippen molar-refractivity contribution in [3.63, 3.8) is 0 Å². The third-order valence-corrected chi connectivity index (χ3v) is 8.60. The molecule has 4 N–H and O–H groups in total. The summed E-state index contributed by atoms with van der Waals surface area (Å²) in [6.45, 7) is -0.385. The van der Waals surface area contributed by atoms with Crippen LogP contribution in [0.25, 0.3) is 22.2 Å². The number of amides is 2. The second-order valence-corrected chi connectivity index (χ2v) is 11.7. The molecule has 0 unspecified atom stereocenters. The van der Waals surface area contributed by atoms with Crippen LogP contribution in [0, 0.1) is 5.82 Å². The summed E-state index contributed by atoms with van der Waals surface area (Å²) in [6, 6.07) is 7.47. The van der Waals surface area contributed by atoms with Crippen LogP contribution in [-0.4, -0.2) is 58.1 Å². The van der Waals surface area contributed by atoms with Gasteiger partial charge in [0, 0.05) is 28.3 Å². The van der Waals surface area contributed by atoms with E-state index in [1.165, 1.54) is 38.3 Å². The Bertz CT molecular complexity index is 1880. The highest BCUT2D eigenvalue weighted by molar-refractivity contribution is 6.33. The standard InChI is InChI=1S/C30H26ClF4N5O5/c1-28(27(36)42)13-45-25-18(28)10-21(38-24(25)17-4-3-5-19(32)22(17)31)29(43,30(33,34)35)12-37-26(41)14-8-15-11-40(16-6-7-16)39-23(15)20(9-14)44-2/h3-5,8-11,16,43H,6-7,12-13H2,1-2H3,(H2,36,42)(H,37,41)/t28-,29-/m0/s1. The number of methoxy groups -OCH3 is 1. The third-order valence-electron chi connectivity index (χ3n) is 8.22. The molecule has 3 heterocycles. The van der Waals surface area contributed by atoms with Crippen molar-refractivity contribution in [1.29, 1.82) is 0 Å². The molecule has 1 aliphatic carbocycles. The van der Waals surface area contributed by atoms with Gasteiger partial charge in [-0.3, -0.25) is 14.3 Å². The second-order valence-electron chi connectivity index (χ2n) is 11.3. The molecule has 45 heavy (non-hydrogen) atoms. The topological polar surface area (TPSA) is 142 Å². The SMILES string of the molecule is COc1cc(C(=O)NC[C@](O)(c2cc3c(c(-c4cccc(F)c4Cl)n2)OC[C@]3(C)C(N)=O)C(F)(F)F)cc2cn(C3CC3)nc12. The van der Waals surface area contributed by atoms with Crippen molar-refractivity contribution >= 4 is 34.3 Å². The van der Waals surface area contributed by atoms with Crippen LogP contribution in [-0.2, 0) is 15.8 Å². The highest BCUT2D eigenvalue weighted by Crippen LogP contribution is 2.49. The zero-order chi connectivity index (χ0) is 32.5. The average Bonchev–Trinajstić information content (AvgIpc) is 3.66. The smallest absolute Gasteiger partial charge is 0.424 e. The number of fused-ring (bicyclic) bond motifs is 2. The van der Waals surface area contributed by atoms with Gasteiger partial charge in [-0.1, -0.05) is 23.7 Å². The highest BCUT2D eigenvalue weighted by atomic mass is 35.5. The van der Waals surface area contributed by atoms with E-state index in [4.69, 9.17) is 26.8 Å². The van der Waals surface area contributed by atoms with Crippen LogP contribution in [0.15, 0.2) is 42.6 Å². The van der Waals surface area contributed by atoms with E-state index in [0.29, 0.717) is 10.9 Å². The molecule has 2 atom stereocenters. The molecule has 15 heteroatoms. The lowest BCUT2D eigenvalue weighted by atomic mass is 9.81. The number of primary amides is 1. The van der Waals surface area contributed by atoms with E-state index in [9.17, 15) is 32.3 Å². The van der Waals surface area contributed by atoms with Gasteiger partial charge in [-0.2, -0.15) is 18.3 Å². The molecular weight excluding hydrogens is 622 g/mol. The molecule has 236 valence electrons. The number of carbonyl (C=O) groups is 2. The third kappa shape index (κ3) is 5.01. The number of aliphatic hydroxyl groups is 1. The number of alkyl halides is 3. The van der Waals surface area contributed by atoms with E-state index < -0.39 is 52.1 Å². The summed E-state index contributed by atoms with van der Waals surface area (Å²) in [5.41, 5.74) is -0.999. The number of nitrogens with two attached hydrogens (primary N) is 1. The number of halogens is 5. The number of pyridine rings is 1. The number of aromatic nitrogens is 3. The number of nitrogens with one attached hydrogen (secondary N) is 1. The molecule has 2 aromatic heterocycles. The number of ether oxygens (including phenoxy) is 2. The molecule has 6 rings (SSSR count). The van der Waals surface area contributed by atoms with Crippen LogP contribution in [0.2, 0.25) is 5.02 Å². The van der Waals surface area contributed by atoms with Gasteiger partial charge in [-0.15, -0.1) is 0 Å². The summed E-state index contributed by atoms with van der Waals surface area (Å²) in [4.78, 5) is 29.7. The van der Waals surface area contributed by atoms with Crippen molar-refractivity contribution in [1.82, 2.24) is 20.1 Å². The molecule has 1 fully saturated rings. The van der Waals surface area contributed by atoms with Gasteiger partial charge in [0.25, 0.3) is 5.91 Å². The number of benzene rings is 2. The van der Waals surface area contributed by atoms with Crippen molar-refractivity contribution < 1.29 is 41.7 Å². The largest absolute Gasteiger partial charge is 0.494 e. The van der Waals surface area contributed by atoms with Gasteiger partial charge in [-0.25, -0.2) is 9.37 Å². The maximum absolute atomic E-state index is 14.8. The Morgan fingerprint density at radius 2 is 2.00 bits per heavy atom. The van der Waals surface area contributed by atoms with Crippen LogP contribution < -0.4 is 20.5 Å². The summed E-state index contributed by atoms with van der Waals surface area (Å²) in [6.07, 6.45) is -1.77. The van der Waals surface area contributed by atoms with Gasteiger partial charge < -0.3 is 25.6 Å². The normalized spacial score (nSPS) is 19.1. The molecule has 2 aromatic carbocycles. The van der Waals surface area contributed by atoms with Crippen molar-refractivity contribution in [2.75, 3.05) is 20.3 Å². The Hall–Kier alpha value is -4.43. The van der Waals surface area contributed by atoms with Gasteiger partial charge in [0.15, 0.2) is 0 Å². The van der Waals surface area contributed by atoms with E-state index in [1.807, 2.05) is 0 Å². The van der Waals surface area contributed by atoms with Gasteiger partial charge >= 0.3 is 6.18 Å². The molecule has 10 nitrogen and oxygen atoms in total. The molecule has 0 saturated heterocycles. The number of carbonyl (C=O) groups excluding carboxylic acids is 2. The fraction of sp³-hybridized carbons (Fsp3) is 0.333. The number of hydrogen-bond donors (Lipinski definition) is 3. The maximum atomic E-state index is 14.8. The van der Waals surface area contributed by atoms with Crippen LogP contribution in [0.5, 0.6) is 11.5 Å². The first-order chi connectivity index (χ1) is 21.2. The monoisotopic (exact) mass is 647 g/mol. The first kappa shape index (κ1) is 30.6. The van der Waals surface area contributed by atoms with Crippen LogP contribution >= 0.6 is 11.6 Å². The Labute approximate surface area is 258 Å². The van der Waals surface area contributed by atoms with Crippen molar-refractivity contribution in [2.45, 2.75) is 43.0 Å². The minimum atomic E-state index is -5.40. The quantitative estimate of drug-likeness (QED) is 0.238. The van der Waals surface area contributed by atoms with Crippen molar-refractivity contribution in [3.05, 3.63) is 70.3 Å². The first-order valence-electron chi connectivity index (χ1n) is 13.7. The maximum Gasteiger partial charge on any atom is 0.424 e. The van der Waals surface area contributed by atoms with E-state index in [2.05, 4.69) is 15.4 Å². The lowest BCUT2D eigenvalue weighted by Gasteiger charge is -2.31. The Morgan fingerprint density at radius 1 is 1.27 bits per heavy atom.